The summed E-state index contributed by atoms with van der Waals surface area (Å²) < 4.78 is 0. The number of anilines is 1. The van der Waals surface area contributed by atoms with E-state index in [-0.39, 0.29) is 5.91 Å². The predicted molar refractivity (Wildman–Crippen MR) is 92.9 cm³/mol. The summed E-state index contributed by atoms with van der Waals surface area (Å²) in [5.74, 6) is -0.00691. The number of fused-ring (bicyclic) bond motifs is 1. The lowest BCUT2D eigenvalue weighted by Crippen LogP contribution is -2.36. The number of rotatable bonds is 3. The van der Waals surface area contributed by atoms with Crippen LogP contribution < -0.4 is 5.32 Å². The molecule has 1 N–H and O–H groups in total. The molecule has 0 aliphatic carbocycles. The van der Waals surface area contributed by atoms with Crippen molar-refractivity contribution >= 4 is 34.5 Å². The summed E-state index contributed by atoms with van der Waals surface area (Å²) in [5, 5.41) is 5.69. The van der Waals surface area contributed by atoms with Crippen molar-refractivity contribution in [3.63, 3.8) is 0 Å². The smallest absolute Gasteiger partial charge is 0.238 e. The molecular weight excluding hydrogens is 316 g/mol. The Balaban J connectivity index is 1.64. The molecule has 1 aliphatic heterocycles. The molecule has 1 aliphatic rings. The molecule has 1 aromatic carbocycles. The molecule has 5 heteroatoms. The van der Waals surface area contributed by atoms with Crippen LogP contribution in [-0.4, -0.2) is 23.9 Å². The van der Waals surface area contributed by atoms with E-state index >= 15 is 0 Å². The van der Waals surface area contributed by atoms with Gasteiger partial charge in [0.05, 0.1) is 17.3 Å². The van der Waals surface area contributed by atoms with Crippen LogP contribution >= 0.6 is 22.9 Å². The number of carbonyl (C=O) groups is 1. The van der Waals surface area contributed by atoms with Gasteiger partial charge in [-0.3, -0.25) is 9.69 Å². The summed E-state index contributed by atoms with van der Waals surface area (Å²) in [6.45, 7) is 6.15. The fourth-order valence-corrected chi connectivity index (χ4v) is 4.16. The Kier molecular flexibility index (Phi) is 4.52. The Labute approximate surface area is 139 Å². The summed E-state index contributed by atoms with van der Waals surface area (Å²) in [6, 6.07) is 6.06. The van der Waals surface area contributed by atoms with E-state index < -0.39 is 0 Å². The number of nitrogens with zero attached hydrogens (tertiary/aromatic N) is 1. The molecule has 3 rings (SSSR count). The van der Waals surface area contributed by atoms with Gasteiger partial charge in [-0.25, -0.2) is 0 Å². The molecule has 116 valence electrons. The van der Waals surface area contributed by atoms with Gasteiger partial charge in [0.15, 0.2) is 0 Å². The molecule has 0 unspecified atom stereocenters. The molecule has 0 radical (unpaired) electrons. The van der Waals surface area contributed by atoms with Crippen molar-refractivity contribution in [1.82, 2.24) is 4.90 Å². The van der Waals surface area contributed by atoms with Gasteiger partial charge in [-0.2, -0.15) is 0 Å². The molecule has 0 spiro atoms. The van der Waals surface area contributed by atoms with Crippen molar-refractivity contribution in [2.24, 2.45) is 0 Å². The van der Waals surface area contributed by atoms with Gasteiger partial charge in [-0.15, -0.1) is 11.3 Å². The molecule has 0 fully saturated rings. The van der Waals surface area contributed by atoms with Crippen LogP contribution in [0, 0.1) is 13.8 Å². The molecule has 1 aromatic heterocycles. The fourth-order valence-electron chi connectivity index (χ4n) is 2.90. The first-order valence-electron chi connectivity index (χ1n) is 7.37. The number of thiophene rings is 1. The lowest BCUT2D eigenvalue weighted by molar-refractivity contribution is -0.117. The number of hydrogen-bond acceptors (Lipinski definition) is 3. The highest BCUT2D eigenvalue weighted by atomic mass is 35.5. The van der Waals surface area contributed by atoms with Gasteiger partial charge in [-0.1, -0.05) is 17.7 Å². The second-order valence-electron chi connectivity index (χ2n) is 5.82. The summed E-state index contributed by atoms with van der Waals surface area (Å²) >= 11 is 8.06. The maximum atomic E-state index is 12.3. The Morgan fingerprint density at radius 3 is 3.00 bits per heavy atom. The minimum absolute atomic E-state index is 0.00691. The second-order valence-corrected chi connectivity index (χ2v) is 7.22. The average molecular weight is 335 g/mol. The maximum absolute atomic E-state index is 12.3. The molecule has 2 heterocycles. The first-order chi connectivity index (χ1) is 10.5. The minimum Gasteiger partial charge on any atom is -0.323 e. The highest BCUT2D eigenvalue weighted by Gasteiger charge is 2.20. The van der Waals surface area contributed by atoms with Gasteiger partial charge in [0, 0.05) is 18.0 Å². The summed E-state index contributed by atoms with van der Waals surface area (Å²) in [7, 11) is 0. The van der Waals surface area contributed by atoms with Crippen molar-refractivity contribution in [2.75, 3.05) is 18.4 Å². The lowest BCUT2D eigenvalue weighted by Gasteiger charge is -2.26. The zero-order chi connectivity index (χ0) is 15.7. The van der Waals surface area contributed by atoms with Crippen LogP contribution in [0.15, 0.2) is 23.6 Å². The number of hydrogen-bond donors (Lipinski definition) is 1. The number of amides is 1. The minimum atomic E-state index is -0.00691. The molecule has 2 aromatic rings. The van der Waals surface area contributed by atoms with Gasteiger partial charge in [0.25, 0.3) is 0 Å². The SMILES string of the molecule is Cc1cc(C)c(NC(=O)CN2CCc3sccc3C2)c(Cl)c1. The Hall–Kier alpha value is -1.36. The van der Waals surface area contributed by atoms with Crippen LogP contribution in [0.1, 0.15) is 21.6 Å². The lowest BCUT2D eigenvalue weighted by atomic mass is 10.1. The predicted octanol–water partition coefficient (Wildman–Crippen LogP) is 4.02. The van der Waals surface area contributed by atoms with Crippen LogP contribution in [0.25, 0.3) is 0 Å². The second kappa shape index (κ2) is 6.41. The van der Waals surface area contributed by atoms with Gasteiger partial charge >= 0.3 is 0 Å². The third kappa shape index (κ3) is 3.35. The summed E-state index contributed by atoms with van der Waals surface area (Å²) in [5.41, 5.74) is 4.18. The standard InChI is InChI=1S/C17H19ClN2OS/c1-11-7-12(2)17(14(18)8-11)19-16(21)10-20-5-3-15-13(9-20)4-6-22-15/h4,6-8H,3,5,9-10H2,1-2H3,(H,19,21). The van der Waals surface area contributed by atoms with Gasteiger partial charge in [0.1, 0.15) is 0 Å². The molecule has 0 atom stereocenters. The fraction of sp³-hybridized carbons (Fsp3) is 0.353. The Morgan fingerprint density at radius 1 is 1.41 bits per heavy atom. The van der Waals surface area contributed by atoms with Crippen molar-refractivity contribution in [3.05, 3.63) is 50.2 Å². The molecule has 1 amide bonds. The van der Waals surface area contributed by atoms with Crippen molar-refractivity contribution in [1.29, 1.82) is 0 Å². The average Bonchev–Trinajstić information content (AvgIpc) is 2.90. The topological polar surface area (TPSA) is 32.3 Å². The normalized spacial score (nSPS) is 14.7. The zero-order valence-corrected chi connectivity index (χ0v) is 14.4. The largest absolute Gasteiger partial charge is 0.323 e. The number of halogens is 1. The van der Waals surface area contributed by atoms with Crippen molar-refractivity contribution in [2.45, 2.75) is 26.8 Å². The van der Waals surface area contributed by atoms with Crippen LogP contribution in [-0.2, 0) is 17.8 Å². The van der Waals surface area contributed by atoms with E-state index in [9.17, 15) is 4.79 Å². The van der Waals surface area contributed by atoms with Crippen LogP contribution in [0.3, 0.4) is 0 Å². The number of benzene rings is 1. The summed E-state index contributed by atoms with van der Waals surface area (Å²) in [6.07, 6.45) is 1.03. The first kappa shape index (κ1) is 15.5. The van der Waals surface area contributed by atoms with Crippen molar-refractivity contribution < 1.29 is 4.79 Å². The Morgan fingerprint density at radius 2 is 2.23 bits per heavy atom. The first-order valence-corrected chi connectivity index (χ1v) is 8.63. The quantitative estimate of drug-likeness (QED) is 0.919. The monoisotopic (exact) mass is 334 g/mol. The van der Waals surface area contributed by atoms with E-state index in [4.69, 9.17) is 11.6 Å². The van der Waals surface area contributed by atoms with E-state index in [1.165, 1.54) is 10.4 Å². The molecular formula is C17H19ClN2OS. The molecule has 0 saturated heterocycles. The van der Waals surface area contributed by atoms with Gasteiger partial charge in [0.2, 0.25) is 5.91 Å². The van der Waals surface area contributed by atoms with Crippen molar-refractivity contribution in [3.8, 4) is 0 Å². The number of nitrogens with one attached hydrogen (secondary N) is 1. The van der Waals surface area contributed by atoms with E-state index in [2.05, 4.69) is 21.7 Å². The molecule has 0 saturated carbocycles. The molecule has 0 bridgehead atoms. The van der Waals surface area contributed by atoms with Crippen LogP contribution in [0.5, 0.6) is 0 Å². The van der Waals surface area contributed by atoms with E-state index in [1.54, 1.807) is 0 Å². The number of carbonyl (C=O) groups excluding carboxylic acids is 1. The molecule has 22 heavy (non-hydrogen) atoms. The Bertz CT molecular complexity index is 687. The van der Waals surface area contributed by atoms with E-state index in [0.717, 1.165) is 36.3 Å². The third-order valence-electron chi connectivity index (χ3n) is 3.95. The molecule has 3 nitrogen and oxygen atoms in total. The zero-order valence-electron chi connectivity index (χ0n) is 12.8. The van der Waals surface area contributed by atoms with Crippen LogP contribution in [0.4, 0.5) is 5.69 Å². The number of aryl methyl sites for hydroxylation is 2. The highest BCUT2D eigenvalue weighted by Crippen LogP contribution is 2.28. The van der Waals surface area contributed by atoms with Gasteiger partial charge in [-0.05, 0) is 54.5 Å². The van der Waals surface area contributed by atoms with E-state index in [0.29, 0.717) is 11.6 Å². The van der Waals surface area contributed by atoms with Gasteiger partial charge < -0.3 is 5.32 Å². The summed E-state index contributed by atoms with van der Waals surface area (Å²) in [4.78, 5) is 15.9. The van der Waals surface area contributed by atoms with E-state index in [1.807, 2.05) is 37.3 Å². The van der Waals surface area contributed by atoms with Crippen LogP contribution in [0.2, 0.25) is 5.02 Å². The third-order valence-corrected chi connectivity index (χ3v) is 5.27. The maximum Gasteiger partial charge on any atom is 0.238 e. The highest BCUT2D eigenvalue weighted by molar-refractivity contribution is 7.10.